The summed E-state index contributed by atoms with van der Waals surface area (Å²) in [6.07, 6.45) is 4.23. The van der Waals surface area contributed by atoms with Crippen molar-refractivity contribution in [1.82, 2.24) is 5.32 Å². The molecule has 0 unspecified atom stereocenters. The number of amides is 1. The summed E-state index contributed by atoms with van der Waals surface area (Å²) in [6.45, 7) is 5.97. The van der Waals surface area contributed by atoms with Gasteiger partial charge in [-0.25, -0.2) is 0 Å². The van der Waals surface area contributed by atoms with E-state index < -0.39 is 0 Å². The summed E-state index contributed by atoms with van der Waals surface area (Å²) >= 11 is 6.00. The Kier molecular flexibility index (Phi) is 5.23. The van der Waals surface area contributed by atoms with Crippen molar-refractivity contribution in [2.75, 3.05) is 0 Å². The van der Waals surface area contributed by atoms with Crippen molar-refractivity contribution >= 4 is 23.6 Å². The lowest BCUT2D eigenvalue weighted by Gasteiger charge is -2.08. The maximum absolute atomic E-state index is 11.5. The number of halogens is 1. The Bertz CT molecular complexity index is 426. The summed E-state index contributed by atoms with van der Waals surface area (Å²) in [4.78, 5) is 11.5. The van der Waals surface area contributed by atoms with E-state index >= 15 is 0 Å². The van der Waals surface area contributed by atoms with E-state index in [2.05, 4.69) is 5.32 Å². The van der Waals surface area contributed by atoms with Gasteiger partial charge in [0.2, 0.25) is 5.91 Å². The normalized spacial score (nSPS) is 12.7. The number of carbonyl (C=O) groups is 1. The fourth-order valence-electron chi connectivity index (χ4n) is 1.28. The highest BCUT2D eigenvalue weighted by molar-refractivity contribution is 6.31. The SMILES string of the molecule is CC[C@@H](C)NC(=O)/C=C\c1ccc(C)c(Cl)c1. The third-order valence-electron chi connectivity index (χ3n) is 2.62. The van der Waals surface area contributed by atoms with Crippen molar-refractivity contribution in [2.45, 2.75) is 33.2 Å². The lowest BCUT2D eigenvalue weighted by molar-refractivity contribution is -0.117. The van der Waals surface area contributed by atoms with E-state index in [1.54, 1.807) is 6.08 Å². The molecule has 1 aromatic carbocycles. The second-order valence-corrected chi connectivity index (χ2v) is 4.57. The summed E-state index contributed by atoms with van der Waals surface area (Å²) in [7, 11) is 0. The number of benzene rings is 1. The minimum atomic E-state index is -0.0731. The molecule has 0 heterocycles. The summed E-state index contributed by atoms with van der Waals surface area (Å²) in [5, 5.41) is 3.58. The van der Waals surface area contributed by atoms with Crippen LogP contribution in [0.4, 0.5) is 0 Å². The van der Waals surface area contributed by atoms with Crippen LogP contribution < -0.4 is 5.32 Å². The van der Waals surface area contributed by atoms with E-state index in [4.69, 9.17) is 11.6 Å². The Balaban J connectivity index is 2.64. The zero-order chi connectivity index (χ0) is 12.8. The molecule has 1 rings (SSSR count). The second kappa shape index (κ2) is 6.45. The maximum Gasteiger partial charge on any atom is 0.244 e. The summed E-state index contributed by atoms with van der Waals surface area (Å²) in [5.41, 5.74) is 1.97. The molecule has 0 saturated carbocycles. The van der Waals surface area contributed by atoms with Gasteiger partial charge in [-0.3, -0.25) is 4.79 Å². The van der Waals surface area contributed by atoms with Crippen molar-refractivity contribution in [2.24, 2.45) is 0 Å². The van der Waals surface area contributed by atoms with Gasteiger partial charge in [0.05, 0.1) is 0 Å². The van der Waals surface area contributed by atoms with Crippen LogP contribution in [-0.2, 0) is 4.79 Å². The Labute approximate surface area is 108 Å². The summed E-state index contributed by atoms with van der Waals surface area (Å²) in [6, 6.07) is 5.93. The van der Waals surface area contributed by atoms with Gasteiger partial charge in [0.1, 0.15) is 0 Å². The minimum absolute atomic E-state index is 0.0731. The van der Waals surface area contributed by atoms with E-state index in [1.807, 2.05) is 39.0 Å². The van der Waals surface area contributed by atoms with Crippen LogP contribution in [0.3, 0.4) is 0 Å². The van der Waals surface area contributed by atoms with Crippen LogP contribution in [-0.4, -0.2) is 11.9 Å². The molecule has 3 heteroatoms. The zero-order valence-corrected chi connectivity index (χ0v) is 11.2. The number of aryl methyl sites for hydroxylation is 1. The molecule has 0 fully saturated rings. The first-order chi connectivity index (χ1) is 8.02. The number of hydrogen-bond acceptors (Lipinski definition) is 1. The van der Waals surface area contributed by atoms with E-state index in [0.717, 1.165) is 22.6 Å². The van der Waals surface area contributed by atoms with Crippen LogP contribution in [0, 0.1) is 6.92 Å². The van der Waals surface area contributed by atoms with Crippen molar-refractivity contribution in [3.63, 3.8) is 0 Å². The quantitative estimate of drug-likeness (QED) is 0.815. The molecule has 1 amide bonds. The molecule has 17 heavy (non-hydrogen) atoms. The fourth-order valence-corrected chi connectivity index (χ4v) is 1.47. The average Bonchev–Trinajstić information content (AvgIpc) is 2.30. The first-order valence-corrected chi connectivity index (χ1v) is 6.15. The summed E-state index contributed by atoms with van der Waals surface area (Å²) < 4.78 is 0. The Hall–Kier alpha value is -1.28. The van der Waals surface area contributed by atoms with Crippen molar-refractivity contribution in [1.29, 1.82) is 0 Å². The third-order valence-corrected chi connectivity index (χ3v) is 3.03. The third kappa shape index (κ3) is 4.61. The van der Waals surface area contributed by atoms with Crippen LogP contribution in [0.25, 0.3) is 6.08 Å². The highest BCUT2D eigenvalue weighted by Gasteiger charge is 2.01. The minimum Gasteiger partial charge on any atom is -0.350 e. The Morgan fingerprint density at radius 2 is 2.24 bits per heavy atom. The molecule has 92 valence electrons. The lowest BCUT2D eigenvalue weighted by Crippen LogP contribution is -2.30. The molecule has 0 bridgehead atoms. The molecule has 0 radical (unpaired) electrons. The molecule has 1 atom stereocenters. The predicted molar refractivity (Wildman–Crippen MR) is 73.1 cm³/mol. The monoisotopic (exact) mass is 251 g/mol. The van der Waals surface area contributed by atoms with Gasteiger partial charge in [0, 0.05) is 17.1 Å². The molecule has 0 spiro atoms. The van der Waals surface area contributed by atoms with Crippen molar-refractivity contribution < 1.29 is 4.79 Å². The first kappa shape index (κ1) is 13.8. The van der Waals surface area contributed by atoms with E-state index in [-0.39, 0.29) is 11.9 Å². The van der Waals surface area contributed by atoms with Crippen LogP contribution in [0.1, 0.15) is 31.4 Å². The fraction of sp³-hybridized carbons (Fsp3) is 0.357. The molecule has 0 aromatic heterocycles. The lowest BCUT2D eigenvalue weighted by atomic mass is 10.1. The van der Waals surface area contributed by atoms with Gasteiger partial charge in [-0.2, -0.15) is 0 Å². The van der Waals surface area contributed by atoms with Crippen LogP contribution >= 0.6 is 11.6 Å². The van der Waals surface area contributed by atoms with Crippen LogP contribution in [0.15, 0.2) is 24.3 Å². The van der Waals surface area contributed by atoms with Crippen molar-refractivity contribution in [3.8, 4) is 0 Å². The Morgan fingerprint density at radius 3 is 2.82 bits per heavy atom. The molecule has 0 aliphatic heterocycles. The standard InChI is InChI=1S/C14H18ClNO/c1-4-11(3)16-14(17)8-7-12-6-5-10(2)13(15)9-12/h5-9,11H,4H2,1-3H3,(H,16,17)/b8-7-/t11-/m1/s1. The second-order valence-electron chi connectivity index (χ2n) is 4.16. The topological polar surface area (TPSA) is 29.1 Å². The largest absolute Gasteiger partial charge is 0.350 e. The number of nitrogens with one attached hydrogen (secondary N) is 1. The number of rotatable bonds is 4. The van der Waals surface area contributed by atoms with Gasteiger partial charge in [-0.15, -0.1) is 0 Å². The molecular formula is C14H18ClNO. The van der Waals surface area contributed by atoms with E-state index in [0.29, 0.717) is 0 Å². The number of hydrogen-bond donors (Lipinski definition) is 1. The van der Waals surface area contributed by atoms with Crippen molar-refractivity contribution in [3.05, 3.63) is 40.4 Å². The van der Waals surface area contributed by atoms with E-state index in [1.165, 1.54) is 6.08 Å². The maximum atomic E-state index is 11.5. The first-order valence-electron chi connectivity index (χ1n) is 5.77. The highest BCUT2D eigenvalue weighted by atomic mass is 35.5. The van der Waals surface area contributed by atoms with Crippen LogP contribution in [0.5, 0.6) is 0 Å². The van der Waals surface area contributed by atoms with Crippen LogP contribution in [0.2, 0.25) is 5.02 Å². The van der Waals surface area contributed by atoms with Gasteiger partial charge in [-0.05, 0) is 43.5 Å². The Morgan fingerprint density at radius 1 is 1.53 bits per heavy atom. The average molecular weight is 252 g/mol. The molecule has 0 aliphatic rings. The molecular weight excluding hydrogens is 234 g/mol. The number of carbonyl (C=O) groups excluding carboxylic acids is 1. The van der Waals surface area contributed by atoms with E-state index in [9.17, 15) is 4.79 Å². The molecule has 0 aliphatic carbocycles. The van der Waals surface area contributed by atoms with Gasteiger partial charge in [-0.1, -0.05) is 30.7 Å². The molecule has 1 N–H and O–H groups in total. The highest BCUT2D eigenvalue weighted by Crippen LogP contribution is 2.17. The summed E-state index contributed by atoms with van der Waals surface area (Å²) in [5.74, 6) is -0.0731. The molecule has 0 saturated heterocycles. The molecule has 1 aromatic rings. The predicted octanol–water partition coefficient (Wildman–Crippen LogP) is 3.58. The van der Waals surface area contributed by atoms with Gasteiger partial charge in [0.25, 0.3) is 0 Å². The smallest absolute Gasteiger partial charge is 0.244 e. The van der Waals surface area contributed by atoms with Gasteiger partial charge >= 0.3 is 0 Å². The van der Waals surface area contributed by atoms with Gasteiger partial charge < -0.3 is 5.32 Å². The zero-order valence-electron chi connectivity index (χ0n) is 10.5. The van der Waals surface area contributed by atoms with Gasteiger partial charge in [0.15, 0.2) is 0 Å². The molecule has 2 nitrogen and oxygen atoms in total.